The van der Waals surface area contributed by atoms with Gasteiger partial charge in [-0.15, -0.1) is 0 Å². The Hall–Kier alpha value is -1.24. The number of hydrogen-bond donors (Lipinski definition) is 2. The summed E-state index contributed by atoms with van der Waals surface area (Å²) in [6, 6.07) is -0.906. The number of likely N-dealkylation sites (tertiary alicyclic amines) is 1. The summed E-state index contributed by atoms with van der Waals surface area (Å²) in [5.74, 6) is -4.80. The molecule has 0 radical (unpaired) electrons. The summed E-state index contributed by atoms with van der Waals surface area (Å²) in [6.45, 7) is -1.27. The zero-order valence-electron chi connectivity index (χ0n) is 8.53. The monoisotopic (exact) mass is 237 g/mol. The summed E-state index contributed by atoms with van der Waals surface area (Å²) >= 11 is 0. The van der Waals surface area contributed by atoms with Gasteiger partial charge in [0.25, 0.3) is 5.92 Å². The van der Waals surface area contributed by atoms with E-state index in [1.165, 1.54) is 0 Å². The molecule has 5 nitrogen and oxygen atoms in total. The number of halogens is 2. The highest BCUT2D eigenvalue weighted by atomic mass is 19.3. The maximum atomic E-state index is 13.0. The minimum absolute atomic E-state index is 0.318. The molecule has 1 fully saturated rings. The smallest absolute Gasteiger partial charge is 0.303 e. The Morgan fingerprint density at radius 1 is 1.38 bits per heavy atom. The van der Waals surface area contributed by atoms with E-state index in [-0.39, 0.29) is 12.8 Å². The number of carboxylic acids is 1. The van der Waals surface area contributed by atoms with Gasteiger partial charge in [0.2, 0.25) is 5.91 Å². The van der Waals surface area contributed by atoms with E-state index in [0.29, 0.717) is 0 Å². The number of carboxylic acid groups (broad SMARTS) is 1. The molecule has 0 aromatic rings. The molecule has 1 heterocycles. The average Bonchev–Trinajstić information content (AvgIpc) is 2.50. The van der Waals surface area contributed by atoms with E-state index < -0.39 is 43.4 Å². The molecule has 1 saturated heterocycles. The molecule has 92 valence electrons. The van der Waals surface area contributed by atoms with Crippen molar-refractivity contribution >= 4 is 11.9 Å². The topological polar surface area (TPSA) is 77.8 Å². The highest BCUT2D eigenvalue weighted by Gasteiger charge is 2.46. The summed E-state index contributed by atoms with van der Waals surface area (Å²) in [6.07, 6.45) is -1.27. The molecule has 16 heavy (non-hydrogen) atoms. The summed E-state index contributed by atoms with van der Waals surface area (Å²) in [7, 11) is 0. The first kappa shape index (κ1) is 12.8. The Balaban J connectivity index is 2.57. The first-order valence-electron chi connectivity index (χ1n) is 4.85. The van der Waals surface area contributed by atoms with Crippen LogP contribution in [0.4, 0.5) is 8.78 Å². The van der Waals surface area contributed by atoms with Gasteiger partial charge in [0, 0.05) is 12.8 Å². The van der Waals surface area contributed by atoms with Gasteiger partial charge in [0.05, 0.1) is 25.6 Å². The lowest BCUT2D eigenvalue weighted by Gasteiger charge is -2.21. The van der Waals surface area contributed by atoms with E-state index >= 15 is 0 Å². The molecule has 0 saturated carbocycles. The fourth-order valence-corrected chi connectivity index (χ4v) is 1.71. The van der Waals surface area contributed by atoms with E-state index in [2.05, 4.69) is 0 Å². The lowest BCUT2D eigenvalue weighted by Crippen LogP contribution is -2.38. The molecule has 0 aromatic heterocycles. The van der Waals surface area contributed by atoms with Crippen LogP contribution in [0.25, 0.3) is 0 Å². The van der Waals surface area contributed by atoms with Gasteiger partial charge in [-0.05, 0) is 0 Å². The molecule has 0 bridgehead atoms. The third kappa shape index (κ3) is 3.13. The van der Waals surface area contributed by atoms with Gasteiger partial charge in [0.15, 0.2) is 0 Å². The van der Waals surface area contributed by atoms with Crippen molar-refractivity contribution in [3.63, 3.8) is 0 Å². The van der Waals surface area contributed by atoms with Crippen LogP contribution in [0.5, 0.6) is 0 Å². The largest absolute Gasteiger partial charge is 0.481 e. The maximum absolute atomic E-state index is 13.0. The van der Waals surface area contributed by atoms with Gasteiger partial charge in [0.1, 0.15) is 0 Å². The second-order valence-corrected chi connectivity index (χ2v) is 3.81. The van der Waals surface area contributed by atoms with E-state index in [9.17, 15) is 18.4 Å². The molecule has 1 unspecified atom stereocenters. The van der Waals surface area contributed by atoms with Crippen molar-refractivity contribution in [3.05, 3.63) is 0 Å². The molecule has 0 aliphatic carbocycles. The Kier molecular flexibility index (Phi) is 3.79. The molecule has 0 aromatic carbocycles. The maximum Gasteiger partial charge on any atom is 0.303 e. The van der Waals surface area contributed by atoms with Crippen molar-refractivity contribution in [2.75, 3.05) is 13.2 Å². The van der Waals surface area contributed by atoms with Gasteiger partial charge in [-0.25, -0.2) is 8.78 Å². The fourth-order valence-electron chi connectivity index (χ4n) is 1.71. The SMILES string of the molecule is O=C(O)CCC(=O)N1CC(F)(F)CC1CO. The quantitative estimate of drug-likeness (QED) is 0.725. The van der Waals surface area contributed by atoms with Gasteiger partial charge in [-0.1, -0.05) is 0 Å². The van der Waals surface area contributed by atoms with E-state index in [1.807, 2.05) is 0 Å². The Labute approximate surface area is 90.7 Å². The normalized spacial score (nSPS) is 23.4. The van der Waals surface area contributed by atoms with Gasteiger partial charge >= 0.3 is 5.97 Å². The van der Waals surface area contributed by atoms with Crippen LogP contribution >= 0.6 is 0 Å². The number of aliphatic hydroxyl groups is 1. The lowest BCUT2D eigenvalue weighted by molar-refractivity contribution is -0.141. The Morgan fingerprint density at radius 2 is 2.00 bits per heavy atom. The number of carbonyl (C=O) groups excluding carboxylic acids is 1. The number of aliphatic carboxylic acids is 1. The molecule has 0 spiro atoms. The third-order valence-corrected chi connectivity index (χ3v) is 2.46. The van der Waals surface area contributed by atoms with Crippen LogP contribution < -0.4 is 0 Å². The first-order valence-corrected chi connectivity index (χ1v) is 4.85. The van der Waals surface area contributed by atoms with Crippen molar-refractivity contribution in [1.29, 1.82) is 0 Å². The van der Waals surface area contributed by atoms with E-state index in [4.69, 9.17) is 10.2 Å². The van der Waals surface area contributed by atoms with E-state index in [0.717, 1.165) is 4.90 Å². The van der Waals surface area contributed by atoms with Crippen LogP contribution in [0.3, 0.4) is 0 Å². The van der Waals surface area contributed by atoms with Gasteiger partial charge in [-0.3, -0.25) is 9.59 Å². The van der Waals surface area contributed by atoms with Gasteiger partial charge in [-0.2, -0.15) is 0 Å². The molecule has 2 N–H and O–H groups in total. The van der Waals surface area contributed by atoms with Crippen molar-refractivity contribution in [3.8, 4) is 0 Å². The number of rotatable bonds is 4. The van der Waals surface area contributed by atoms with Crippen LogP contribution in [-0.2, 0) is 9.59 Å². The summed E-state index contributed by atoms with van der Waals surface area (Å²) < 4.78 is 25.9. The average molecular weight is 237 g/mol. The number of nitrogens with zero attached hydrogens (tertiary/aromatic N) is 1. The van der Waals surface area contributed by atoms with E-state index in [1.54, 1.807) is 0 Å². The highest BCUT2D eigenvalue weighted by molar-refractivity contribution is 5.81. The number of amides is 1. The molecular formula is C9H13F2NO4. The second kappa shape index (κ2) is 4.73. The van der Waals surface area contributed by atoms with Crippen LogP contribution in [0.15, 0.2) is 0 Å². The fraction of sp³-hybridized carbons (Fsp3) is 0.778. The van der Waals surface area contributed by atoms with Crippen LogP contribution in [0, 0.1) is 0 Å². The number of carbonyl (C=O) groups is 2. The molecule has 1 atom stereocenters. The molecule has 1 amide bonds. The van der Waals surface area contributed by atoms with Crippen LogP contribution in [0.1, 0.15) is 19.3 Å². The predicted octanol–water partition coefficient (Wildman–Crippen LogP) is 0.0797. The first-order chi connectivity index (χ1) is 7.35. The Bertz CT molecular complexity index is 295. The minimum atomic E-state index is -2.99. The zero-order valence-corrected chi connectivity index (χ0v) is 8.53. The molecule has 1 aliphatic heterocycles. The third-order valence-electron chi connectivity index (χ3n) is 2.46. The molecular weight excluding hydrogens is 224 g/mol. The van der Waals surface area contributed by atoms with Crippen LogP contribution in [0.2, 0.25) is 0 Å². The Morgan fingerprint density at radius 3 is 2.50 bits per heavy atom. The lowest BCUT2D eigenvalue weighted by atomic mass is 10.2. The standard InChI is InChI=1S/C9H13F2NO4/c10-9(11)3-6(4-13)12(5-9)7(14)1-2-8(15)16/h6,13H,1-5H2,(H,15,16). The second-order valence-electron chi connectivity index (χ2n) is 3.81. The summed E-state index contributed by atoms with van der Waals surface area (Å²) in [5, 5.41) is 17.2. The van der Waals surface area contributed by atoms with Gasteiger partial charge < -0.3 is 15.1 Å². The molecule has 1 aliphatic rings. The molecule has 1 rings (SSSR count). The highest BCUT2D eigenvalue weighted by Crippen LogP contribution is 2.32. The van der Waals surface area contributed by atoms with Crippen molar-refractivity contribution in [2.24, 2.45) is 0 Å². The van der Waals surface area contributed by atoms with Crippen molar-refractivity contribution in [1.82, 2.24) is 4.90 Å². The number of aliphatic hydroxyl groups excluding tert-OH is 1. The number of hydrogen-bond acceptors (Lipinski definition) is 3. The summed E-state index contributed by atoms with van der Waals surface area (Å²) in [5.41, 5.74) is 0. The van der Waals surface area contributed by atoms with Crippen molar-refractivity contribution < 1.29 is 28.6 Å². The number of alkyl halides is 2. The minimum Gasteiger partial charge on any atom is -0.481 e. The zero-order chi connectivity index (χ0) is 12.3. The predicted molar refractivity (Wildman–Crippen MR) is 49.0 cm³/mol. The van der Waals surface area contributed by atoms with Crippen LogP contribution in [-0.4, -0.2) is 52.1 Å². The summed E-state index contributed by atoms with van der Waals surface area (Å²) in [4.78, 5) is 22.5. The van der Waals surface area contributed by atoms with Crippen molar-refractivity contribution in [2.45, 2.75) is 31.2 Å². The molecule has 7 heteroatoms.